The largest absolute Gasteiger partial charge is 0.469 e. The molecule has 1 atom stereocenters. The fourth-order valence-corrected chi connectivity index (χ4v) is 0.330. The van der Waals surface area contributed by atoms with Crippen molar-refractivity contribution >= 4 is 6.40 Å². The molecular weight excluding hydrogens is 78.0 g/mol. The number of hydrogen-bond donors (Lipinski definition) is 0. The summed E-state index contributed by atoms with van der Waals surface area (Å²) in [6.07, 6.45) is 2.67. The molecule has 1 aliphatic rings. The summed E-state index contributed by atoms with van der Waals surface area (Å²) in [6.45, 7) is 2.74. The normalized spacial score (nSPS) is 30.5. The number of aliphatic imine (C=N–C) groups is 1. The van der Waals surface area contributed by atoms with Crippen LogP contribution in [-0.2, 0) is 4.74 Å². The van der Waals surface area contributed by atoms with E-state index in [1.54, 1.807) is 0 Å². The van der Waals surface area contributed by atoms with E-state index in [-0.39, 0.29) is 6.10 Å². The SMILES string of the molecule is C[C@@H]1CN=[C]O1. The molecular formula is C4H6NO. The van der Waals surface area contributed by atoms with E-state index < -0.39 is 0 Å². The first-order valence-corrected chi connectivity index (χ1v) is 1.97. The van der Waals surface area contributed by atoms with Gasteiger partial charge >= 0.3 is 0 Å². The zero-order chi connectivity index (χ0) is 4.41. The summed E-state index contributed by atoms with van der Waals surface area (Å²) >= 11 is 0. The van der Waals surface area contributed by atoms with Crippen LogP contribution in [0.25, 0.3) is 0 Å². The van der Waals surface area contributed by atoms with E-state index in [1.807, 2.05) is 6.92 Å². The van der Waals surface area contributed by atoms with E-state index in [2.05, 4.69) is 11.4 Å². The highest BCUT2D eigenvalue weighted by Gasteiger charge is 2.02. The third kappa shape index (κ3) is 0.506. The van der Waals surface area contributed by atoms with Crippen LogP contribution in [-0.4, -0.2) is 19.0 Å². The topological polar surface area (TPSA) is 21.6 Å². The summed E-state index contributed by atoms with van der Waals surface area (Å²) in [5, 5.41) is 0. The van der Waals surface area contributed by atoms with Gasteiger partial charge in [0.15, 0.2) is 0 Å². The van der Waals surface area contributed by atoms with Gasteiger partial charge in [-0.2, -0.15) is 0 Å². The minimum absolute atomic E-state index is 0.269. The molecule has 1 heterocycles. The van der Waals surface area contributed by atoms with E-state index in [0.29, 0.717) is 0 Å². The zero-order valence-electron chi connectivity index (χ0n) is 3.64. The van der Waals surface area contributed by atoms with Gasteiger partial charge in [0.25, 0.3) is 6.40 Å². The monoisotopic (exact) mass is 84.0 g/mol. The first-order valence-electron chi connectivity index (χ1n) is 1.97. The molecule has 0 aromatic heterocycles. The van der Waals surface area contributed by atoms with Crippen LogP contribution in [0.2, 0.25) is 0 Å². The van der Waals surface area contributed by atoms with Crippen LogP contribution in [0.3, 0.4) is 0 Å². The average Bonchev–Trinajstić information content (AvgIpc) is 1.86. The summed E-state index contributed by atoms with van der Waals surface area (Å²) in [4.78, 5) is 3.69. The molecule has 33 valence electrons. The molecule has 0 amide bonds. The van der Waals surface area contributed by atoms with Crippen molar-refractivity contribution in [2.24, 2.45) is 4.99 Å². The molecule has 0 aromatic carbocycles. The van der Waals surface area contributed by atoms with Gasteiger partial charge in [-0.3, -0.25) is 0 Å². The molecule has 0 aliphatic carbocycles. The van der Waals surface area contributed by atoms with Crippen molar-refractivity contribution in [3.05, 3.63) is 0 Å². The molecule has 6 heavy (non-hydrogen) atoms. The average molecular weight is 84.1 g/mol. The smallest absolute Gasteiger partial charge is 0.273 e. The number of hydrogen-bond acceptors (Lipinski definition) is 2. The van der Waals surface area contributed by atoms with Crippen LogP contribution >= 0.6 is 0 Å². The molecule has 0 aromatic rings. The Bertz CT molecular complexity index is 61.9. The van der Waals surface area contributed by atoms with Crippen molar-refractivity contribution < 1.29 is 4.74 Å². The molecule has 0 N–H and O–H groups in total. The predicted molar refractivity (Wildman–Crippen MR) is 22.8 cm³/mol. The van der Waals surface area contributed by atoms with Crippen molar-refractivity contribution in [3.63, 3.8) is 0 Å². The first kappa shape index (κ1) is 3.65. The molecule has 2 nitrogen and oxygen atoms in total. The summed E-state index contributed by atoms with van der Waals surface area (Å²) in [5.41, 5.74) is 0. The van der Waals surface area contributed by atoms with Crippen molar-refractivity contribution in [1.29, 1.82) is 0 Å². The first-order chi connectivity index (χ1) is 2.89. The second-order valence-electron chi connectivity index (χ2n) is 1.36. The second kappa shape index (κ2) is 1.29. The van der Waals surface area contributed by atoms with Crippen LogP contribution < -0.4 is 0 Å². The lowest BCUT2D eigenvalue weighted by molar-refractivity contribution is 0.256. The van der Waals surface area contributed by atoms with Gasteiger partial charge in [0.2, 0.25) is 0 Å². The molecule has 0 bridgehead atoms. The van der Waals surface area contributed by atoms with Crippen molar-refractivity contribution in [2.75, 3.05) is 6.54 Å². The molecule has 1 rings (SSSR count). The zero-order valence-corrected chi connectivity index (χ0v) is 3.64. The molecule has 0 spiro atoms. The number of ether oxygens (including phenoxy) is 1. The molecule has 2 heteroatoms. The number of rotatable bonds is 0. The van der Waals surface area contributed by atoms with Crippen LogP contribution in [0.4, 0.5) is 0 Å². The highest BCUT2D eigenvalue weighted by molar-refractivity contribution is 5.48. The Morgan fingerprint density at radius 2 is 2.83 bits per heavy atom. The van der Waals surface area contributed by atoms with Crippen LogP contribution in [0.5, 0.6) is 0 Å². The Kier molecular flexibility index (Phi) is 0.783. The maximum atomic E-state index is 4.74. The highest BCUT2D eigenvalue weighted by Crippen LogP contribution is 1.93. The van der Waals surface area contributed by atoms with Crippen LogP contribution in [0.1, 0.15) is 6.92 Å². The van der Waals surface area contributed by atoms with Crippen LogP contribution in [0, 0.1) is 0 Å². The Hall–Kier alpha value is -0.530. The van der Waals surface area contributed by atoms with Gasteiger partial charge in [-0.25, -0.2) is 4.99 Å². The maximum Gasteiger partial charge on any atom is 0.273 e. The maximum absolute atomic E-state index is 4.74. The minimum Gasteiger partial charge on any atom is -0.469 e. The fraction of sp³-hybridized carbons (Fsp3) is 0.750. The van der Waals surface area contributed by atoms with Crippen molar-refractivity contribution in [2.45, 2.75) is 13.0 Å². The minimum atomic E-state index is 0.269. The van der Waals surface area contributed by atoms with Gasteiger partial charge < -0.3 is 4.74 Å². The molecule has 0 fully saturated rings. The Labute approximate surface area is 36.8 Å². The van der Waals surface area contributed by atoms with E-state index >= 15 is 0 Å². The summed E-state index contributed by atoms with van der Waals surface area (Å²) < 4.78 is 4.74. The summed E-state index contributed by atoms with van der Waals surface area (Å²) in [5.74, 6) is 0. The van der Waals surface area contributed by atoms with E-state index in [4.69, 9.17) is 4.74 Å². The third-order valence-electron chi connectivity index (χ3n) is 0.667. The fourth-order valence-electron chi connectivity index (χ4n) is 0.330. The lowest BCUT2D eigenvalue weighted by atomic mass is 10.4. The number of nitrogens with zero attached hydrogens (tertiary/aromatic N) is 1. The summed E-state index contributed by atoms with van der Waals surface area (Å²) in [7, 11) is 0. The van der Waals surface area contributed by atoms with Crippen molar-refractivity contribution in [3.8, 4) is 0 Å². The van der Waals surface area contributed by atoms with Gasteiger partial charge in [-0.15, -0.1) is 0 Å². The quantitative estimate of drug-likeness (QED) is 0.414. The van der Waals surface area contributed by atoms with Gasteiger partial charge in [0.05, 0.1) is 6.54 Å². The molecule has 1 radical (unpaired) electrons. The molecule has 0 saturated carbocycles. The van der Waals surface area contributed by atoms with Gasteiger partial charge in [-0.05, 0) is 6.92 Å². The van der Waals surface area contributed by atoms with E-state index in [9.17, 15) is 0 Å². The van der Waals surface area contributed by atoms with Crippen molar-refractivity contribution in [1.82, 2.24) is 0 Å². The van der Waals surface area contributed by atoms with Crippen LogP contribution in [0.15, 0.2) is 4.99 Å². The molecule has 0 unspecified atom stereocenters. The Morgan fingerprint density at radius 1 is 2.00 bits per heavy atom. The van der Waals surface area contributed by atoms with E-state index in [0.717, 1.165) is 6.54 Å². The Balaban J connectivity index is 2.32. The second-order valence-corrected chi connectivity index (χ2v) is 1.36. The lowest BCUT2D eigenvalue weighted by Gasteiger charge is -1.93. The standard InChI is InChI=1S/C4H6NO/c1-4-2-5-3-6-4/h4H,2H2,1H3/t4-/m1/s1. The lowest BCUT2D eigenvalue weighted by Crippen LogP contribution is -2.01. The predicted octanol–water partition coefficient (Wildman–Crippen LogP) is 0.310. The van der Waals surface area contributed by atoms with Gasteiger partial charge in [-0.1, -0.05) is 0 Å². The molecule has 0 saturated heterocycles. The summed E-state index contributed by atoms with van der Waals surface area (Å²) in [6, 6.07) is 0. The van der Waals surface area contributed by atoms with E-state index in [1.165, 1.54) is 0 Å². The third-order valence-corrected chi connectivity index (χ3v) is 0.667. The molecule has 1 aliphatic heterocycles. The van der Waals surface area contributed by atoms with Gasteiger partial charge in [0, 0.05) is 0 Å². The Morgan fingerprint density at radius 3 is 3.00 bits per heavy atom. The highest BCUT2D eigenvalue weighted by atomic mass is 16.5. The van der Waals surface area contributed by atoms with Gasteiger partial charge in [0.1, 0.15) is 6.10 Å².